The molecule has 3 rings (SSSR count). The number of rotatable bonds is 3. The number of halogens is 1. The normalized spacial score (nSPS) is 36.9. The lowest BCUT2D eigenvalue weighted by atomic mass is 9.80. The highest BCUT2D eigenvalue weighted by molar-refractivity contribution is 6.23. The maximum absolute atomic E-state index is 12.5. The Morgan fingerprint density at radius 1 is 1.22 bits per heavy atom. The van der Waals surface area contributed by atoms with Crippen molar-refractivity contribution in [3.8, 4) is 0 Å². The van der Waals surface area contributed by atoms with E-state index >= 15 is 0 Å². The number of hydrogen-bond acceptors (Lipinski definition) is 4. The fourth-order valence-corrected chi connectivity index (χ4v) is 4.44. The Bertz CT molecular complexity index is 461. The second-order valence-corrected chi connectivity index (χ2v) is 7.72. The maximum atomic E-state index is 12.5. The van der Waals surface area contributed by atoms with Gasteiger partial charge in [0.05, 0.1) is 11.9 Å². The van der Waals surface area contributed by atoms with Gasteiger partial charge in [-0.15, -0.1) is 11.6 Å². The highest BCUT2D eigenvalue weighted by Crippen LogP contribution is 2.30. The monoisotopic (exact) mass is 342 g/mol. The fraction of sp³-hybridized carbons (Fsp3) is 0.875. The Balaban J connectivity index is 1.56. The first-order valence-corrected chi connectivity index (χ1v) is 9.18. The van der Waals surface area contributed by atoms with Crippen LogP contribution in [0.2, 0.25) is 0 Å². The van der Waals surface area contributed by atoms with Gasteiger partial charge < -0.3 is 4.90 Å². The van der Waals surface area contributed by atoms with E-state index in [0.29, 0.717) is 38.0 Å². The molecule has 3 fully saturated rings. The van der Waals surface area contributed by atoms with Crippen molar-refractivity contribution < 1.29 is 9.59 Å². The number of hydrazine groups is 1. The molecule has 2 saturated heterocycles. The van der Waals surface area contributed by atoms with Crippen LogP contribution in [0.15, 0.2) is 0 Å². The van der Waals surface area contributed by atoms with Gasteiger partial charge in [0.1, 0.15) is 6.04 Å². The van der Waals surface area contributed by atoms with E-state index in [-0.39, 0.29) is 17.2 Å². The molecule has 3 aliphatic rings. The molecular weight excluding hydrogens is 316 g/mol. The zero-order valence-electron chi connectivity index (χ0n) is 13.8. The van der Waals surface area contributed by atoms with E-state index < -0.39 is 6.04 Å². The number of hydrogen-bond donors (Lipinski definition) is 2. The van der Waals surface area contributed by atoms with Crippen LogP contribution in [0.5, 0.6) is 0 Å². The minimum atomic E-state index is -0.419. The molecule has 0 aromatic carbocycles. The molecule has 4 atom stereocenters. The van der Waals surface area contributed by atoms with Gasteiger partial charge in [-0.05, 0) is 18.3 Å². The molecule has 2 aliphatic heterocycles. The lowest BCUT2D eigenvalue weighted by Crippen LogP contribution is -2.66. The summed E-state index contributed by atoms with van der Waals surface area (Å²) in [5.74, 6) is 1.32. The van der Waals surface area contributed by atoms with Crippen molar-refractivity contribution in [2.45, 2.75) is 44.0 Å². The van der Waals surface area contributed by atoms with E-state index in [9.17, 15) is 9.59 Å². The van der Waals surface area contributed by atoms with Crippen LogP contribution in [0.1, 0.15) is 32.6 Å². The summed E-state index contributed by atoms with van der Waals surface area (Å²) in [6.45, 7) is 5.41. The summed E-state index contributed by atoms with van der Waals surface area (Å²) in [6, 6.07) is -0.419. The molecule has 130 valence electrons. The van der Waals surface area contributed by atoms with Crippen molar-refractivity contribution in [1.29, 1.82) is 0 Å². The van der Waals surface area contributed by atoms with Crippen molar-refractivity contribution in [1.82, 2.24) is 20.7 Å². The van der Waals surface area contributed by atoms with Gasteiger partial charge in [0.15, 0.2) is 0 Å². The third-order valence-electron chi connectivity index (χ3n) is 5.61. The molecule has 1 aliphatic carbocycles. The van der Waals surface area contributed by atoms with E-state index in [1.807, 2.05) is 9.80 Å². The molecule has 2 heterocycles. The second-order valence-electron chi connectivity index (χ2n) is 7.16. The molecule has 7 heteroatoms. The van der Waals surface area contributed by atoms with Crippen LogP contribution in [0, 0.1) is 11.8 Å². The smallest absolute Gasteiger partial charge is 0.253 e. The van der Waals surface area contributed by atoms with E-state index in [2.05, 4.69) is 17.8 Å². The molecule has 2 N–H and O–H groups in total. The number of carbonyl (C=O) groups is 2. The summed E-state index contributed by atoms with van der Waals surface area (Å²) in [4.78, 5) is 28.5. The lowest BCUT2D eigenvalue weighted by molar-refractivity contribution is -0.141. The van der Waals surface area contributed by atoms with Gasteiger partial charge in [-0.2, -0.15) is 0 Å². The summed E-state index contributed by atoms with van der Waals surface area (Å²) in [7, 11) is 0. The predicted octanol–water partition coefficient (Wildman–Crippen LogP) is 0.567. The van der Waals surface area contributed by atoms with E-state index in [1.54, 1.807) is 0 Å². The SMILES string of the molecule is CC1CCCCC1CN1CCN(C2C(=O)NNCC2Cl)CC1=O. The van der Waals surface area contributed by atoms with Crippen LogP contribution in [0.25, 0.3) is 0 Å². The maximum Gasteiger partial charge on any atom is 0.253 e. The van der Waals surface area contributed by atoms with Gasteiger partial charge in [-0.3, -0.25) is 19.9 Å². The number of nitrogens with one attached hydrogen (secondary N) is 2. The Kier molecular flexibility index (Phi) is 5.44. The van der Waals surface area contributed by atoms with E-state index in [4.69, 9.17) is 11.6 Å². The lowest BCUT2D eigenvalue weighted by Gasteiger charge is -2.42. The standard InChI is InChI=1S/C16H27ClN4O2/c1-11-4-2-3-5-12(11)9-20-6-7-21(10-14(20)22)15-13(17)8-18-19-16(15)23/h11-13,15,18H,2-10H2,1H3,(H,19,23). The topological polar surface area (TPSA) is 64.7 Å². The largest absolute Gasteiger partial charge is 0.340 e. The van der Waals surface area contributed by atoms with E-state index in [1.165, 1.54) is 25.7 Å². The predicted molar refractivity (Wildman–Crippen MR) is 88.8 cm³/mol. The Morgan fingerprint density at radius 2 is 2.00 bits per heavy atom. The molecule has 0 spiro atoms. The summed E-state index contributed by atoms with van der Waals surface area (Å²) in [6.07, 6.45) is 5.12. The first-order chi connectivity index (χ1) is 11.1. The number of nitrogens with zero attached hydrogens (tertiary/aromatic N) is 2. The zero-order valence-corrected chi connectivity index (χ0v) is 14.5. The first-order valence-electron chi connectivity index (χ1n) is 8.75. The van der Waals surface area contributed by atoms with Crippen molar-refractivity contribution in [3.63, 3.8) is 0 Å². The average molecular weight is 343 g/mol. The van der Waals surface area contributed by atoms with Crippen molar-refractivity contribution in [2.24, 2.45) is 11.8 Å². The molecule has 0 radical (unpaired) electrons. The van der Waals surface area contributed by atoms with Gasteiger partial charge in [-0.1, -0.05) is 26.2 Å². The van der Waals surface area contributed by atoms with Crippen LogP contribution >= 0.6 is 11.6 Å². The minimum Gasteiger partial charge on any atom is -0.340 e. The summed E-state index contributed by atoms with van der Waals surface area (Å²) >= 11 is 6.28. The quantitative estimate of drug-likeness (QED) is 0.736. The molecule has 4 unspecified atom stereocenters. The zero-order chi connectivity index (χ0) is 16.4. The molecule has 23 heavy (non-hydrogen) atoms. The third kappa shape index (κ3) is 3.80. The molecule has 0 aromatic rings. The molecule has 6 nitrogen and oxygen atoms in total. The van der Waals surface area contributed by atoms with Crippen LogP contribution in [0.3, 0.4) is 0 Å². The van der Waals surface area contributed by atoms with Crippen molar-refractivity contribution in [3.05, 3.63) is 0 Å². The number of amides is 2. The highest BCUT2D eigenvalue weighted by atomic mass is 35.5. The molecular formula is C16H27ClN4O2. The Morgan fingerprint density at radius 3 is 2.70 bits per heavy atom. The fourth-order valence-electron chi connectivity index (χ4n) is 4.08. The summed E-state index contributed by atoms with van der Waals surface area (Å²) in [5.41, 5.74) is 5.40. The first kappa shape index (κ1) is 17.0. The minimum absolute atomic E-state index is 0.129. The summed E-state index contributed by atoms with van der Waals surface area (Å²) in [5, 5.41) is -0.304. The van der Waals surface area contributed by atoms with Crippen LogP contribution in [-0.2, 0) is 9.59 Å². The Hall–Kier alpha value is -0.850. The van der Waals surface area contributed by atoms with Crippen LogP contribution in [0.4, 0.5) is 0 Å². The molecule has 0 bridgehead atoms. The van der Waals surface area contributed by atoms with Gasteiger partial charge in [-0.25, -0.2) is 5.43 Å². The molecule has 0 aromatic heterocycles. The van der Waals surface area contributed by atoms with E-state index in [0.717, 1.165) is 6.54 Å². The second kappa shape index (κ2) is 7.36. The van der Waals surface area contributed by atoms with Crippen molar-refractivity contribution in [2.75, 3.05) is 32.7 Å². The van der Waals surface area contributed by atoms with Crippen LogP contribution in [-0.4, -0.2) is 65.8 Å². The average Bonchev–Trinajstić information content (AvgIpc) is 2.52. The van der Waals surface area contributed by atoms with Crippen molar-refractivity contribution >= 4 is 23.4 Å². The number of carbonyl (C=O) groups excluding carboxylic acids is 2. The van der Waals surface area contributed by atoms with Gasteiger partial charge >= 0.3 is 0 Å². The van der Waals surface area contributed by atoms with Gasteiger partial charge in [0.2, 0.25) is 5.91 Å². The Labute approximate surface area is 142 Å². The molecule has 2 amide bonds. The highest BCUT2D eigenvalue weighted by Gasteiger charge is 2.39. The number of piperazine rings is 1. The summed E-state index contributed by atoms with van der Waals surface area (Å²) < 4.78 is 0. The molecule has 1 saturated carbocycles. The van der Waals surface area contributed by atoms with Crippen LogP contribution < -0.4 is 10.9 Å². The van der Waals surface area contributed by atoms with Gasteiger partial charge in [0, 0.05) is 26.2 Å². The van der Waals surface area contributed by atoms with Gasteiger partial charge in [0.25, 0.3) is 5.91 Å². The number of alkyl halides is 1. The third-order valence-corrected chi connectivity index (χ3v) is 6.00.